The van der Waals surface area contributed by atoms with Crippen molar-refractivity contribution in [2.75, 3.05) is 7.11 Å². The van der Waals surface area contributed by atoms with Crippen molar-refractivity contribution in [3.05, 3.63) is 58.9 Å². The summed E-state index contributed by atoms with van der Waals surface area (Å²) >= 11 is 0. The molecule has 0 aliphatic rings. The Kier molecular flexibility index (Phi) is 2.41. The topological polar surface area (TPSA) is 47.0 Å². The Morgan fingerprint density at radius 3 is 2.61 bits per heavy atom. The molecule has 0 saturated heterocycles. The number of methoxy groups -OCH3 is 1. The summed E-state index contributed by atoms with van der Waals surface area (Å²) in [6.07, 6.45) is 0. The number of para-hydroxylation sites is 1. The lowest BCUT2D eigenvalue weighted by atomic mass is 10.2. The van der Waals surface area contributed by atoms with E-state index in [1.54, 1.807) is 23.9 Å². The molecule has 0 amide bonds. The molecule has 2 aromatic carbocycles. The van der Waals surface area contributed by atoms with Crippen LogP contribution in [0.2, 0.25) is 0 Å². The van der Waals surface area contributed by atoms with E-state index >= 15 is 0 Å². The van der Waals surface area contributed by atoms with Crippen LogP contribution in [0.1, 0.15) is 0 Å². The quantitative estimate of drug-likeness (QED) is 0.747. The SMILES string of the molecule is COc1ccc2c(=O)[nH]n(-c3ccccc3)c2c1. The number of aromatic nitrogens is 2. The summed E-state index contributed by atoms with van der Waals surface area (Å²) in [6, 6.07) is 15.1. The predicted molar refractivity (Wildman–Crippen MR) is 70.4 cm³/mol. The molecule has 3 rings (SSSR count). The van der Waals surface area contributed by atoms with Crippen molar-refractivity contribution in [3.63, 3.8) is 0 Å². The summed E-state index contributed by atoms with van der Waals surface area (Å²) in [5, 5.41) is 3.48. The largest absolute Gasteiger partial charge is 0.497 e. The van der Waals surface area contributed by atoms with Gasteiger partial charge in [0, 0.05) is 6.07 Å². The molecule has 3 aromatic rings. The van der Waals surface area contributed by atoms with E-state index in [4.69, 9.17) is 4.74 Å². The number of aromatic amines is 1. The highest BCUT2D eigenvalue weighted by Crippen LogP contribution is 2.20. The Hall–Kier alpha value is -2.49. The van der Waals surface area contributed by atoms with Crippen molar-refractivity contribution in [3.8, 4) is 11.4 Å². The molecule has 1 aromatic heterocycles. The summed E-state index contributed by atoms with van der Waals surface area (Å²) < 4.78 is 6.96. The van der Waals surface area contributed by atoms with Gasteiger partial charge in [-0.1, -0.05) is 18.2 Å². The second-order valence-corrected chi connectivity index (χ2v) is 3.99. The molecule has 1 heterocycles. The standard InChI is InChI=1S/C14H12N2O2/c1-18-11-7-8-12-13(9-11)16(15-14(12)17)10-5-3-2-4-6-10/h2-9H,1H3,(H,15,17). The van der Waals surface area contributed by atoms with Gasteiger partial charge in [-0.2, -0.15) is 0 Å². The number of fused-ring (bicyclic) bond motifs is 1. The number of ether oxygens (including phenoxy) is 1. The van der Waals surface area contributed by atoms with Crippen LogP contribution in [0.25, 0.3) is 16.6 Å². The molecule has 4 heteroatoms. The molecule has 0 aliphatic carbocycles. The van der Waals surface area contributed by atoms with Gasteiger partial charge in [0.2, 0.25) is 0 Å². The molecule has 0 saturated carbocycles. The molecule has 0 spiro atoms. The normalized spacial score (nSPS) is 10.7. The number of benzene rings is 2. The molecule has 90 valence electrons. The minimum atomic E-state index is -0.100. The number of H-pyrrole nitrogens is 1. The molecular weight excluding hydrogens is 228 g/mol. The maximum absolute atomic E-state index is 11.9. The van der Waals surface area contributed by atoms with E-state index in [0.29, 0.717) is 5.39 Å². The van der Waals surface area contributed by atoms with Crippen molar-refractivity contribution in [1.29, 1.82) is 0 Å². The van der Waals surface area contributed by atoms with E-state index in [1.807, 2.05) is 36.4 Å². The molecule has 1 N–H and O–H groups in total. The third-order valence-corrected chi connectivity index (χ3v) is 2.92. The molecule has 4 nitrogen and oxygen atoms in total. The fourth-order valence-electron chi connectivity index (χ4n) is 2.02. The van der Waals surface area contributed by atoms with Crippen LogP contribution in [0.4, 0.5) is 0 Å². The molecule has 0 fully saturated rings. The van der Waals surface area contributed by atoms with Crippen molar-refractivity contribution in [2.24, 2.45) is 0 Å². The monoisotopic (exact) mass is 240 g/mol. The first-order valence-corrected chi connectivity index (χ1v) is 5.64. The first-order chi connectivity index (χ1) is 8.79. The van der Waals surface area contributed by atoms with E-state index in [-0.39, 0.29) is 5.56 Å². The molecule has 18 heavy (non-hydrogen) atoms. The van der Waals surface area contributed by atoms with Crippen molar-refractivity contribution in [1.82, 2.24) is 9.78 Å². The smallest absolute Gasteiger partial charge is 0.272 e. The van der Waals surface area contributed by atoms with Crippen LogP contribution in [0.3, 0.4) is 0 Å². The lowest BCUT2D eigenvalue weighted by molar-refractivity contribution is 0.415. The van der Waals surface area contributed by atoms with Crippen LogP contribution in [0, 0.1) is 0 Å². The fourth-order valence-corrected chi connectivity index (χ4v) is 2.02. The third-order valence-electron chi connectivity index (χ3n) is 2.92. The van der Waals surface area contributed by atoms with Crippen LogP contribution in [0.15, 0.2) is 53.3 Å². The Balaban J connectivity index is 2.33. The second-order valence-electron chi connectivity index (χ2n) is 3.99. The first kappa shape index (κ1) is 10.7. The van der Waals surface area contributed by atoms with Crippen molar-refractivity contribution < 1.29 is 4.74 Å². The van der Waals surface area contributed by atoms with Gasteiger partial charge < -0.3 is 4.74 Å². The Labute approximate surface area is 103 Å². The molecule has 0 radical (unpaired) electrons. The first-order valence-electron chi connectivity index (χ1n) is 5.64. The van der Waals surface area contributed by atoms with Crippen LogP contribution >= 0.6 is 0 Å². The molecule has 0 atom stereocenters. The number of hydrogen-bond acceptors (Lipinski definition) is 2. The van der Waals surface area contributed by atoms with Gasteiger partial charge in [0.05, 0.1) is 23.7 Å². The van der Waals surface area contributed by atoms with Gasteiger partial charge in [0.25, 0.3) is 5.56 Å². The van der Waals surface area contributed by atoms with Crippen molar-refractivity contribution in [2.45, 2.75) is 0 Å². The van der Waals surface area contributed by atoms with Crippen LogP contribution in [-0.4, -0.2) is 16.9 Å². The zero-order valence-corrected chi connectivity index (χ0v) is 9.88. The van der Waals surface area contributed by atoms with E-state index < -0.39 is 0 Å². The summed E-state index contributed by atoms with van der Waals surface area (Å²) in [5.74, 6) is 0.728. The van der Waals surface area contributed by atoms with Crippen molar-refractivity contribution >= 4 is 10.9 Å². The summed E-state index contributed by atoms with van der Waals surface area (Å²) in [5.41, 5.74) is 1.62. The number of hydrogen-bond donors (Lipinski definition) is 1. The minimum Gasteiger partial charge on any atom is -0.497 e. The third kappa shape index (κ3) is 1.59. The Bertz CT molecular complexity index is 741. The van der Waals surface area contributed by atoms with Gasteiger partial charge in [-0.15, -0.1) is 0 Å². The Morgan fingerprint density at radius 2 is 1.89 bits per heavy atom. The minimum absolute atomic E-state index is 0.100. The van der Waals surface area contributed by atoms with Crippen LogP contribution < -0.4 is 10.3 Å². The molecule has 0 bridgehead atoms. The summed E-state index contributed by atoms with van der Waals surface area (Å²) in [6.45, 7) is 0. The average Bonchev–Trinajstić information content (AvgIpc) is 2.76. The second kappa shape index (κ2) is 4.07. The average molecular weight is 240 g/mol. The molecule has 0 aliphatic heterocycles. The van der Waals surface area contributed by atoms with E-state index in [2.05, 4.69) is 5.10 Å². The van der Waals surface area contributed by atoms with Gasteiger partial charge >= 0.3 is 0 Å². The lowest BCUT2D eigenvalue weighted by Crippen LogP contribution is -2.03. The zero-order valence-electron chi connectivity index (χ0n) is 9.88. The Morgan fingerprint density at radius 1 is 1.11 bits per heavy atom. The summed E-state index contributed by atoms with van der Waals surface area (Å²) in [4.78, 5) is 11.9. The van der Waals surface area contributed by atoms with Crippen LogP contribution in [0.5, 0.6) is 5.75 Å². The number of nitrogens with zero attached hydrogens (tertiary/aromatic N) is 1. The highest BCUT2D eigenvalue weighted by molar-refractivity contribution is 5.81. The van der Waals surface area contributed by atoms with E-state index in [1.165, 1.54) is 0 Å². The number of rotatable bonds is 2. The lowest BCUT2D eigenvalue weighted by Gasteiger charge is -2.05. The maximum atomic E-state index is 11.9. The van der Waals surface area contributed by atoms with Gasteiger partial charge in [-0.3, -0.25) is 14.6 Å². The van der Waals surface area contributed by atoms with Gasteiger partial charge in [0.1, 0.15) is 5.75 Å². The van der Waals surface area contributed by atoms with E-state index in [9.17, 15) is 4.79 Å². The van der Waals surface area contributed by atoms with Gasteiger partial charge in [-0.25, -0.2) is 0 Å². The van der Waals surface area contributed by atoms with Gasteiger partial charge in [-0.05, 0) is 24.3 Å². The fraction of sp³-hybridized carbons (Fsp3) is 0.0714. The highest BCUT2D eigenvalue weighted by Gasteiger charge is 2.08. The molecule has 0 unspecified atom stereocenters. The summed E-state index contributed by atoms with van der Waals surface area (Å²) in [7, 11) is 1.61. The maximum Gasteiger partial charge on any atom is 0.272 e. The number of nitrogens with one attached hydrogen (secondary N) is 1. The van der Waals surface area contributed by atoms with Crippen LogP contribution in [-0.2, 0) is 0 Å². The zero-order chi connectivity index (χ0) is 12.5. The predicted octanol–water partition coefficient (Wildman–Crippen LogP) is 2.33. The van der Waals surface area contributed by atoms with Gasteiger partial charge in [0.15, 0.2) is 0 Å². The highest BCUT2D eigenvalue weighted by atomic mass is 16.5. The molecular formula is C14H12N2O2. The van der Waals surface area contributed by atoms with E-state index in [0.717, 1.165) is 17.0 Å².